The standard InChI is InChI=1S/C13H18BrN3O2/c1-8-5-13(11(14)7-12(8)17(18)19)16-4-3-10(15)6-9(16)2/h5,7,9-10H,3-4,6,15H2,1-2H3. The Morgan fingerprint density at radius 2 is 2.21 bits per heavy atom. The lowest BCUT2D eigenvalue weighted by atomic mass is 9.98. The summed E-state index contributed by atoms with van der Waals surface area (Å²) in [4.78, 5) is 12.8. The molecule has 2 atom stereocenters. The predicted octanol–water partition coefficient (Wildman–Crippen LogP) is 2.98. The van der Waals surface area contributed by atoms with Crippen LogP contribution in [-0.2, 0) is 0 Å². The highest BCUT2D eigenvalue weighted by Gasteiger charge is 2.26. The molecule has 0 saturated carbocycles. The van der Waals surface area contributed by atoms with Gasteiger partial charge in [0, 0.05) is 34.7 Å². The summed E-state index contributed by atoms with van der Waals surface area (Å²) in [6.07, 6.45) is 1.90. The van der Waals surface area contributed by atoms with Crippen LogP contribution in [0.4, 0.5) is 11.4 Å². The second-order valence-corrected chi connectivity index (χ2v) is 6.03. The Labute approximate surface area is 121 Å². The molecule has 2 unspecified atom stereocenters. The van der Waals surface area contributed by atoms with E-state index < -0.39 is 0 Å². The fourth-order valence-corrected chi connectivity index (χ4v) is 3.20. The van der Waals surface area contributed by atoms with Crippen LogP contribution in [0.1, 0.15) is 25.3 Å². The third-order valence-electron chi connectivity index (χ3n) is 3.69. The van der Waals surface area contributed by atoms with Gasteiger partial charge in [0.25, 0.3) is 5.69 Å². The maximum atomic E-state index is 10.9. The third-order valence-corrected chi connectivity index (χ3v) is 4.32. The van der Waals surface area contributed by atoms with E-state index in [9.17, 15) is 10.1 Å². The van der Waals surface area contributed by atoms with Crippen LogP contribution in [0.5, 0.6) is 0 Å². The van der Waals surface area contributed by atoms with Crippen molar-refractivity contribution < 1.29 is 4.92 Å². The predicted molar refractivity (Wildman–Crippen MR) is 79.6 cm³/mol. The minimum Gasteiger partial charge on any atom is -0.368 e. The van der Waals surface area contributed by atoms with Crippen LogP contribution in [0.3, 0.4) is 0 Å². The zero-order valence-electron chi connectivity index (χ0n) is 11.1. The van der Waals surface area contributed by atoms with Crippen molar-refractivity contribution >= 4 is 27.3 Å². The largest absolute Gasteiger partial charge is 0.368 e. The van der Waals surface area contributed by atoms with Crippen molar-refractivity contribution in [2.24, 2.45) is 5.73 Å². The first-order valence-electron chi connectivity index (χ1n) is 6.37. The normalized spacial score (nSPS) is 23.5. The fraction of sp³-hybridized carbons (Fsp3) is 0.538. The van der Waals surface area contributed by atoms with E-state index in [1.165, 1.54) is 0 Å². The molecule has 1 aromatic carbocycles. The van der Waals surface area contributed by atoms with Gasteiger partial charge >= 0.3 is 0 Å². The molecule has 0 bridgehead atoms. The molecule has 5 nitrogen and oxygen atoms in total. The topological polar surface area (TPSA) is 72.4 Å². The maximum Gasteiger partial charge on any atom is 0.273 e. The second kappa shape index (κ2) is 5.46. The van der Waals surface area contributed by atoms with Crippen LogP contribution < -0.4 is 10.6 Å². The van der Waals surface area contributed by atoms with Gasteiger partial charge in [0.2, 0.25) is 0 Å². The van der Waals surface area contributed by atoms with Gasteiger partial charge in [0.05, 0.1) is 10.6 Å². The van der Waals surface area contributed by atoms with E-state index in [-0.39, 0.29) is 16.7 Å². The average Bonchev–Trinajstić information content (AvgIpc) is 2.32. The molecule has 0 spiro atoms. The first kappa shape index (κ1) is 14.3. The lowest BCUT2D eigenvalue weighted by molar-refractivity contribution is -0.385. The van der Waals surface area contributed by atoms with Crippen LogP contribution in [0.15, 0.2) is 16.6 Å². The van der Waals surface area contributed by atoms with E-state index in [1.807, 2.05) is 6.07 Å². The lowest BCUT2D eigenvalue weighted by Crippen LogP contribution is -2.45. The number of nitrogens with zero attached hydrogens (tertiary/aromatic N) is 2. The SMILES string of the molecule is Cc1cc(N2CCC(N)CC2C)c(Br)cc1[N+](=O)[O-]. The van der Waals surface area contributed by atoms with E-state index in [0.717, 1.165) is 29.5 Å². The second-order valence-electron chi connectivity index (χ2n) is 5.17. The molecule has 0 aliphatic carbocycles. The van der Waals surface area contributed by atoms with E-state index in [4.69, 9.17) is 5.73 Å². The van der Waals surface area contributed by atoms with E-state index >= 15 is 0 Å². The fourth-order valence-electron chi connectivity index (χ4n) is 2.64. The highest BCUT2D eigenvalue weighted by atomic mass is 79.9. The summed E-state index contributed by atoms with van der Waals surface area (Å²) >= 11 is 3.45. The van der Waals surface area contributed by atoms with Crippen molar-refractivity contribution in [3.8, 4) is 0 Å². The molecular weight excluding hydrogens is 310 g/mol. The number of rotatable bonds is 2. The molecule has 19 heavy (non-hydrogen) atoms. The summed E-state index contributed by atoms with van der Waals surface area (Å²) in [6.45, 7) is 4.80. The summed E-state index contributed by atoms with van der Waals surface area (Å²) in [5.74, 6) is 0. The zero-order valence-corrected chi connectivity index (χ0v) is 12.7. The number of halogens is 1. The minimum absolute atomic E-state index is 0.150. The van der Waals surface area contributed by atoms with Gasteiger partial charge in [-0.1, -0.05) is 0 Å². The van der Waals surface area contributed by atoms with Gasteiger partial charge < -0.3 is 10.6 Å². The van der Waals surface area contributed by atoms with Crippen molar-refractivity contribution in [3.05, 3.63) is 32.3 Å². The number of hydrogen-bond donors (Lipinski definition) is 1. The molecule has 2 rings (SSSR count). The molecule has 1 fully saturated rings. The lowest BCUT2D eigenvalue weighted by Gasteiger charge is -2.38. The number of hydrogen-bond acceptors (Lipinski definition) is 4. The van der Waals surface area contributed by atoms with Crippen LogP contribution >= 0.6 is 15.9 Å². The first-order chi connectivity index (χ1) is 8.90. The molecule has 0 amide bonds. The minimum atomic E-state index is -0.348. The summed E-state index contributed by atoms with van der Waals surface area (Å²) in [7, 11) is 0. The van der Waals surface area contributed by atoms with Gasteiger partial charge in [-0.2, -0.15) is 0 Å². The highest BCUT2D eigenvalue weighted by molar-refractivity contribution is 9.10. The van der Waals surface area contributed by atoms with Gasteiger partial charge in [-0.25, -0.2) is 0 Å². The quantitative estimate of drug-likeness (QED) is 0.669. The van der Waals surface area contributed by atoms with Gasteiger partial charge in [-0.05, 0) is 48.7 Å². The molecule has 1 saturated heterocycles. The number of benzene rings is 1. The van der Waals surface area contributed by atoms with Crippen LogP contribution in [0.25, 0.3) is 0 Å². The van der Waals surface area contributed by atoms with Crippen LogP contribution in [0, 0.1) is 17.0 Å². The molecule has 1 aliphatic heterocycles. The Kier molecular flexibility index (Phi) is 4.10. The summed E-state index contributed by atoms with van der Waals surface area (Å²) in [5.41, 5.74) is 7.82. The molecule has 1 aromatic rings. The molecule has 0 aromatic heterocycles. The van der Waals surface area contributed by atoms with Gasteiger partial charge in [0.15, 0.2) is 0 Å². The number of nitro groups is 1. The van der Waals surface area contributed by atoms with E-state index in [2.05, 4.69) is 27.8 Å². The molecule has 2 N–H and O–H groups in total. The molecule has 104 valence electrons. The Hall–Kier alpha value is -1.14. The number of anilines is 1. The van der Waals surface area contributed by atoms with Crippen molar-refractivity contribution in [1.29, 1.82) is 0 Å². The van der Waals surface area contributed by atoms with E-state index in [0.29, 0.717) is 11.6 Å². The van der Waals surface area contributed by atoms with Gasteiger partial charge in [-0.3, -0.25) is 10.1 Å². The van der Waals surface area contributed by atoms with Crippen LogP contribution in [-0.4, -0.2) is 23.6 Å². The first-order valence-corrected chi connectivity index (χ1v) is 7.16. The Morgan fingerprint density at radius 3 is 2.79 bits per heavy atom. The molecule has 1 heterocycles. The molecule has 6 heteroatoms. The monoisotopic (exact) mass is 327 g/mol. The Morgan fingerprint density at radius 1 is 1.53 bits per heavy atom. The van der Waals surface area contributed by atoms with Crippen molar-refractivity contribution in [1.82, 2.24) is 0 Å². The maximum absolute atomic E-state index is 10.9. The highest BCUT2D eigenvalue weighted by Crippen LogP contribution is 2.35. The van der Waals surface area contributed by atoms with Crippen molar-refractivity contribution in [2.75, 3.05) is 11.4 Å². The number of aryl methyl sites for hydroxylation is 1. The smallest absolute Gasteiger partial charge is 0.273 e. The Balaban J connectivity index is 2.35. The molecule has 0 radical (unpaired) electrons. The third kappa shape index (κ3) is 2.90. The molecular formula is C13H18BrN3O2. The van der Waals surface area contributed by atoms with Gasteiger partial charge in [-0.15, -0.1) is 0 Å². The summed E-state index contributed by atoms with van der Waals surface area (Å²) in [5, 5.41) is 10.9. The zero-order chi connectivity index (χ0) is 14.2. The number of nitro benzene ring substituents is 1. The van der Waals surface area contributed by atoms with Crippen molar-refractivity contribution in [2.45, 2.75) is 38.8 Å². The molecule has 1 aliphatic rings. The van der Waals surface area contributed by atoms with Gasteiger partial charge in [0.1, 0.15) is 0 Å². The average molecular weight is 328 g/mol. The van der Waals surface area contributed by atoms with Crippen molar-refractivity contribution in [3.63, 3.8) is 0 Å². The number of nitrogens with two attached hydrogens (primary N) is 1. The summed E-state index contributed by atoms with van der Waals surface area (Å²) < 4.78 is 0.770. The summed E-state index contributed by atoms with van der Waals surface area (Å²) in [6, 6.07) is 4.08. The Bertz CT molecular complexity index is 507. The van der Waals surface area contributed by atoms with Crippen LogP contribution in [0.2, 0.25) is 0 Å². The number of piperidine rings is 1. The van der Waals surface area contributed by atoms with E-state index in [1.54, 1.807) is 13.0 Å².